The smallest absolute Gasteiger partial charge is 0.213 e. The van der Waals surface area contributed by atoms with Crippen LogP contribution in [0.1, 0.15) is 23.6 Å². The summed E-state index contributed by atoms with van der Waals surface area (Å²) < 4.78 is 7.87. The molecule has 0 aliphatic heterocycles. The summed E-state index contributed by atoms with van der Waals surface area (Å²) in [4.78, 5) is 4.37. The number of nitrogens with two attached hydrogens (primary N) is 1. The monoisotopic (exact) mass is 496 g/mol. The van der Waals surface area contributed by atoms with Crippen LogP contribution in [0, 0.1) is 0 Å². The maximum atomic E-state index is 6.33. The Morgan fingerprint density at radius 1 is 0.737 bits per heavy atom. The zero-order valence-corrected chi connectivity index (χ0v) is 21.2. The molecular formula is C33H28N4O. The van der Waals surface area contributed by atoms with Gasteiger partial charge >= 0.3 is 0 Å². The standard InChI is InChI=1S/C33H28N4O/c1-2-38-31-22-24(20-21-35-31)32-29-23-28(34)18-19-30(29)37(36-32)33(25-12-6-3-7-13-25,26-14-8-4-9-15-26)27-16-10-5-11-17-27/h3-23H,2,34H2,1H3. The van der Waals surface area contributed by atoms with E-state index in [9.17, 15) is 0 Å². The number of ether oxygens (including phenoxy) is 1. The van der Waals surface area contributed by atoms with E-state index in [4.69, 9.17) is 15.6 Å². The average molecular weight is 497 g/mol. The van der Waals surface area contributed by atoms with Gasteiger partial charge in [-0.25, -0.2) is 9.67 Å². The fourth-order valence-corrected chi connectivity index (χ4v) is 5.29. The lowest BCUT2D eigenvalue weighted by Crippen LogP contribution is -2.38. The van der Waals surface area contributed by atoms with Crippen LogP contribution >= 0.6 is 0 Å². The summed E-state index contributed by atoms with van der Waals surface area (Å²) in [6.07, 6.45) is 1.76. The van der Waals surface area contributed by atoms with Crippen LogP contribution in [0.15, 0.2) is 128 Å². The highest BCUT2D eigenvalue weighted by Gasteiger charge is 2.41. The van der Waals surface area contributed by atoms with Crippen molar-refractivity contribution in [3.8, 4) is 17.1 Å². The lowest BCUT2D eigenvalue weighted by molar-refractivity contribution is 0.327. The molecule has 0 bridgehead atoms. The van der Waals surface area contributed by atoms with Crippen LogP contribution in [0.3, 0.4) is 0 Å². The second-order valence-corrected chi connectivity index (χ2v) is 9.16. The summed E-state index contributed by atoms with van der Waals surface area (Å²) >= 11 is 0. The quantitative estimate of drug-likeness (QED) is 0.192. The highest BCUT2D eigenvalue weighted by molar-refractivity contribution is 5.96. The van der Waals surface area contributed by atoms with E-state index in [1.54, 1.807) is 6.20 Å². The van der Waals surface area contributed by atoms with Gasteiger partial charge < -0.3 is 10.5 Å². The third-order valence-corrected chi connectivity index (χ3v) is 6.90. The molecule has 6 aromatic rings. The highest BCUT2D eigenvalue weighted by atomic mass is 16.5. The lowest BCUT2D eigenvalue weighted by atomic mass is 9.77. The third-order valence-electron chi connectivity index (χ3n) is 6.90. The molecular weight excluding hydrogens is 468 g/mol. The van der Waals surface area contributed by atoms with E-state index in [-0.39, 0.29) is 0 Å². The maximum absolute atomic E-state index is 6.33. The molecule has 0 unspecified atom stereocenters. The Kier molecular flexibility index (Phi) is 6.10. The second kappa shape index (κ2) is 9.87. The maximum Gasteiger partial charge on any atom is 0.213 e. The van der Waals surface area contributed by atoms with Crippen LogP contribution in [0.2, 0.25) is 0 Å². The van der Waals surface area contributed by atoms with E-state index < -0.39 is 5.54 Å². The minimum absolute atomic E-state index is 0.539. The fraction of sp³-hybridized carbons (Fsp3) is 0.0909. The molecule has 186 valence electrons. The molecule has 0 amide bonds. The SMILES string of the molecule is CCOc1cc(-c2nn(C(c3ccccc3)(c3ccccc3)c3ccccc3)c3ccc(N)cc23)ccn1. The van der Waals surface area contributed by atoms with E-state index in [1.807, 2.05) is 49.4 Å². The summed E-state index contributed by atoms with van der Waals surface area (Å²) in [6.45, 7) is 2.49. The van der Waals surface area contributed by atoms with Crippen LogP contribution < -0.4 is 10.5 Å². The number of aromatic nitrogens is 3. The van der Waals surface area contributed by atoms with Gasteiger partial charge in [0.05, 0.1) is 12.1 Å². The van der Waals surface area contributed by atoms with Gasteiger partial charge in [-0.3, -0.25) is 0 Å². The van der Waals surface area contributed by atoms with Crippen molar-refractivity contribution < 1.29 is 4.74 Å². The topological polar surface area (TPSA) is 66.0 Å². The van der Waals surface area contributed by atoms with Gasteiger partial charge in [-0.1, -0.05) is 91.0 Å². The van der Waals surface area contributed by atoms with Crippen LogP contribution in [-0.2, 0) is 5.54 Å². The van der Waals surface area contributed by atoms with E-state index in [1.165, 1.54) is 0 Å². The zero-order valence-electron chi connectivity index (χ0n) is 21.2. The van der Waals surface area contributed by atoms with Crippen LogP contribution in [-0.4, -0.2) is 21.4 Å². The first-order valence-electron chi connectivity index (χ1n) is 12.8. The molecule has 0 aliphatic rings. The molecule has 2 aromatic heterocycles. The van der Waals surface area contributed by atoms with Crippen LogP contribution in [0.5, 0.6) is 5.88 Å². The normalized spacial score (nSPS) is 11.5. The van der Waals surface area contributed by atoms with Gasteiger partial charge in [0.15, 0.2) is 0 Å². The minimum Gasteiger partial charge on any atom is -0.478 e. The van der Waals surface area contributed by atoms with E-state index >= 15 is 0 Å². The molecule has 5 heteroatoms. The number of hydrogen-bond donors (Lipinski definition) is 1. The fourth-order valence-electron chi connectivity index (χ4n) is 5.29. The Balaban J connectivity index is 1.75. The van der Waals surface area contributed by atoms with Crippen molar-refractivity contribution in [1.82, 2.24) is 14.8 Å². The molecule has 2 N–H and O–H groups in total. The molecule has 0 atom stereocenters. The van der Waals surface area contributed by atoms with Gasteiger partial charge in [0.25, 0.3) is 0 Å². The van der Waals surface area contributed by atoms with Crippen molar-refractivity contribution in [2.45, 2.75) is 12.5 Å². The Labute approximate surface area is 222 Å². The van der Waals surface area contributed by atoms with Crippen LogP contribution in [0.4, 0.5) is 5.69 Å². The largest absolute Gasteiger partial charge is 0.478 e. The van der Waals surface area contributed by atoms with Crippen molar-refractivity contribution in [2.24, 2.45) is 0 Å². The predicted molar refractivity (Wildman–Crippen MR) is 153 cm³/mol. The predicted octanol–water partition coefficient (Wildman–Crippen LogP) is 6.92. The van der Waals surface area contributed by atoms with Crippen LogP contribution in [0.25, 0.3) is 22.2 Å². The van der Waals surface area contributed by atoms with Crippen molar-refractivity contribution >= 4 is 16.6 Å². The van der Waals surface area contributed by atoms with Gasteiger partial charge in [0.2, 0.25) is 5.88 Å². The molecule has 4 aromatic carbocycles. The average Bonchev–Trinajstić information content (AvgIpc) is 3.34. The summed E-state index contributed by atoms with van der Waals surface area (Å²) in [5, 5.41) is 6.35. The number of rotatable bonds is 7. The molecule has 38 heavy (non-hydrogen) atoms. The van der Waals surface area contributed by atoms with E-state index in [2.05, 4.69) is 88.5 Å². The molecule has 6 rings (SSSR count). The van der Waals surface area contributed by atoms with E-state index in [0.717, 1.165) is 38.9 Å². The Bertz CT molecular complexity index is 1580. The van der Waals surface area contributed by atoms with Crippen molar-refractivity contribution in [3.05, 3.63) is 144 Å². The first-order chi connectivity index (χ1) is 18.7. The first kappa shape index (κ1) is 23.5. The Morgan fingerprint density at radius 3 is 1.87 bits per heavy atom. The number of pyridine rings is 1. The van der Waals surface area contributed by atoms with Crippen molar-refractivity contribution in [1.29, 1.82) is 0 Å². The Hall–Kier alpha value is -4.90. The third kappa shape index (κ3) is 3.89. The molecule has 0 aliphatic carbocycles. The van der Waals surface area contributed by atoms with Crippen molar-refractivity contribution in [2.75, 3.05) is 12.3 Å². The number of anilines is 1. The number of fused-ring (bicyclic) bond motifs is 1. The van der Waals surface area contributed by atoms with Gasteiger partial charge in [0, 0.05) is 28.9 Å². The summed E-state index contributed by atoms with van der Waals surface area (Å²) in [7, 11) is 0. The van der Waals surface area contributed by atoms with Gasteiger partial charge in [-0.2, -0.15) is 5.10 Å². The molecule has 0 saturated heterocycles. The number of nitrogen functional groups attached to an aromatic ring is 1. The molecule has 0 fully saturated rings. The second-order valence-electron chi connectivity index (χ2n) is 9.16. The van der Waals surface area contributed by atoms with Gasteiger partial charge in [-0.05, 0) is 47.9 Å². The van der Waals surface area contributed by atoms with Crippen molar-refractivity contribution in [3.63, 3.8) is 0 Å². The first-order valence-corrected chi connectivity index (χ1v) is 12.8. The minimum atomic E-state index is -0.744. The summed E-state index contributed by atoms with van der Waals surface area (Å²) in [5.41, 5.74) is 12.3. The summed E-state index contributed by atoms with van der Waals surface area (Å²) in [6, 6.07) is 41.6. The van der Waals surface area contributed by atoms with E-state index in [0.29, 0.717) is 18.2 Å². The highest BCUT2D eigenvalue weighted by Crippen LogP contribution is 2.44. The molecule has 2 heterocycles. The molecule has 0 radical (unpaired) electrons. The Morgan fingerprint density at radius 2 is 1.32 bits per heavy atom. The molecule has 5 nitrogen and oxygen atoms in total. The molecule has 0 spiro atoms. The molecule has 0 saturated carbocycles. The number of hydrogen-bond acceptors (Lipinski definition) is 4. The number of nitrogens with zero attached hydrogens (tertiary/aromatic N) is 3. The zero-order chi connectivity index (χ0) is 26.0. The van der Waals surface area contributed by atoms with Gasteiger partial charge in [0.1, 0.15) is 11.2 Å². The van der Waals surface area contributed by atoms with Gasteiger partial charge in [-0.15, -0.1) is 0 Å². The summed E-state index contributed by atoms with van der Waals surface area (Å²) in [5.74, 6) is 0.567. The number of benzene rings is 4. The lowest BCUT2D eigenvalue weighted by Gasteiger charge is -2.37.